The summed E-state index contributed by atoms with van der Waals surface area (Å²) in [6, 6.07) is 5.40. The van der Waals surface area contributed by atoms with E-state index in [1.807, 2.05) is 6.07 Å². The van der Waals surface area contributed by atoms with E-state index in [9.17, 15) is 14.4 Å². The number of hydrogen-bond acceptors (Lipinski definition) is 4. The monoisotopic (exact) mass is 344 g/mol. The maximum Gasteiger partial charge on any atom is 0.309 e. The van der Waals surface area contributed by atoms with Crippen LogP contribution in [0.2, 0.25) is 0 Å². The van der Waals surface area contributed by atoms with Crippen LogP contribution in [0.3, 0.4) is 0 Å². The maximum absolute atomic E-state index is 12.5. The Labute approximate surface area is 149 Å². The quantitative estimate of drug-likeness (QED) is 0.375. The second kappa shape index (κ2) is 8.93. The van der Waals surface area contributed by atoms with Crippen LogP contribution in [0.25, 0.3) is 0 Å². The highest BCUT2D eigenvalue weighted by molar-refractivity contribution is 6.29. The van der Waals surface area contributed by atoms with Gasteiger partial charge < -0.3 is 4.74 Å². The molecule has 25 heavy (non-hydrogen) atoms. The average Bonchev–Trinajstić information content (AvgIpc) is 2.82. The SMILES string of the molecule is CCCCCCCCc1ccc2c(c1)C(=O)C(OC(=O)C(C)C)C2=O. The van der Waals surface area contributed by atoms with E-state index in [0.717, 1.165) is 18.4 Å². The minimum absolute atomic E-state index is 0.368. The smallest absolute Gasteiger partial charge is 0.309 e. The Kier molecular flexibility index (Phi) is 6.91. The van der Waals surface area contributed by atoms with E-state index >= 15 is 0 Å². The van der Waals surface area contributed by atoms with Crippen LogP contribution in [0.1, 0.15) is 85.6 Å². The van der Waals surface area contributed by atoms with Gasteiger partial charge in [-0.25, -0.2) is 0 Å². The van der Waals surface area contributed by atoms with Crippen molar-refractivity contribution in [2.45, 2.75) is 71.8 Å². The lowest BCUT2D eigenvalue weighted by Crippen LogP contribution is -2.30. The van der Waals surface area contributed by atoms with Gasteiger partial charge in [-0.3, -0.25) is 14.4 Å². The summed E-state index contributed by atoms with van der Waals surface area (Å²) in [5, 5.41) is 0. The zero-order chi connectivity index (χ0) is 18.4. The molecule has 1 unspecified atom stereocenters. The summed E-state index contributed by atoms with van der Waals surface area (Å²) in [5.74, 6) is -1.68. The number of benzene rings is 1. The minimum Gasteiger partial charge on any atom is -0.445 e. The number of Topliss-reactive ketones (excluding diaryl/α,β-unsaturated/α-hetero) is 2. The highest BCUT2D eigenvalue weighted by Gasteiger charge is 2.41. The van der Waals surface area contributed by atoms with Crippen molar-refractivity contribution in [1.82, 2.24) is 0 Å². The third kappa shape index (κ3) is 4.77. The van der Waals surface area contributed by atoms with E-state index in [0.29, 0.717) is 11.1 Å². The van der Waals surface area contributed by atoms with Crippen molar-refractivity contribution >= 4 is 17.5 Å². The van der Waals surface area contributed by atoms with Crippen molar-refractivity contribution < 1.29 is 19.1 Å². The van der Waals surface area contributed by atoms with Gasteiger partial charge in [-0.2, -0.15) is 0 Å². The molecule has 0 amide bonds. The Balaban J connectivity index is 1.97. The van der Waals surface area contributed by atoms with Gasteiger partial charge in [0.25, 0.3) is 0 Å². The van der Waals surface area contributed by atoms with Crippen LogP contribution < -0.4 is 0 Å². The predicted molar refractivity (Wildman–Crippen MR) is 96.9 cm³/mol. The molecular formula is C21H28O4. The van der Waals surface area contributed by atoms with Crippen molar-refractivity contribution in [2.75, 3.05) is 0 Å². The molecule has 1 aromatic rings. The molecule has 0 bridgehead atoms. The maximum atomic E-state index is 12.5. The topological polar surface area (TPSA) is 60.4 Å². The molecule has 2 rings (SSSR count). The van der Waals surface area contributed by atoms with Crippen LogP contribution >= 0.6 is 0 Å². The molecule has 0 saturated carbocycles. The first-order chi connectivity index (χ1) is 12.0. The van der Waals surface area contributed by atoms with Crippen LogP contribution in [-0.4, -0.2) is 23.6 Å². The van der Waals surface area contributed by atoms with E-state index < -0.39 is 23.6 Å². The molecule has 0 aromatic heterocycles. The van der Waals surface area contributed by atoms with Crippen molar-refractivity contribution in [3.8, 4) is 0 Å². The number of unbranched alkanes of at least 4 members (excludes halogenated alkanes) is 5. The Morgan fingerprint density at radius 2 is 1.64 bits per heavy atom. The number of rotatable bonds is 9. The van der Waals surface area contributed by atoms with E-state index in [-0.39, 0.29) is 5.92 Å². The second-order valence-electron chi connectivity index (χ2n) is 7.10. The van der Waals surface area contributed by atoms with Crippen molar-refractivity contribution in [3.63, 3.8) is 0 Å². The van der Waals surface area contributed by atoms with Gasteiger partial charge in [0.2, 0.25) is 17.7 Å². The third-order valence-electron chi connectivity index (χ3n) is 4.62. The van der Waals surface area contributed by atoms with Gasteiger partial charge in [0.05, 0.1) is 5.92 Å². The van der Waals surface area contributed by atoms with E-state index in [2.05, 4.69) is 6.92 Å². The fourth-order valence-electron chi connectivity index (χ4n) is 3.04. The number of esters is 1. The zero-order valence-electron chi connectivity index (χ0n) is 15.5. The molecule has 1 aliphatic carbocycles. The number of hydrogen-bond donors (Lipinski definition) is 0. The number of aryl methyl sites for hydroxylation is 1. The van der Waals surface area contributed by atoms with E-state index in [4.69, 9.17) is 4.74 Å². The first-order valence-corrected chi connectivity index (χ1v) is 9.37. The molecule has 0 fully saturated rings. The Hall–Kier alpha value is -1.97. The van der Waals surface area contributed by atoms with Crippen LogP contribution in [-0.2, 0) is 16.0 Å². The van der Waals surface area contributed by atoms with Crippen molar-refractivity contribution in [2.24, 2.45) is 5.92 Å². The lowest BCUT2D eigenvalue weighted by atomic mass is 10.0. The van der Waals surface area contributed by atoms with Crippen LogP contribution in [0, 0.1) is 5.92 Å². The lowest BCUT2D eigenvalue weighted by molar-refractivity contribution is -0.148. The highest BCUT2D eigenvalue weighted by Crippen LogP contribution is 2.27. The van der Waals surface area contributed by atoms with Crippen LogP contribution in [0.5, 0.6) is 0 Å². The molecule has 4 heteroatoms. The van der Waals surface area contributed by atoms with Gasteiger partial charge in [-0.1, -0.05) is 65.0 Å². The van der Waals surface area contributed by atoms with Crippen LogP contribution in [0.15, 0.2) is 18.2 Å². The highest BCUT2D eigenvalue weighted by atomic mass is 16.6. The Morgan fingerprint density at radius 3 is 2.32 bits per heavy atom. The first kappa shape index (κ1) is 19.4. The molecular weight excluding hydrogens is 316 g/mol. The Morgan fingerprint density at radius 1 is 1.00 bits per heavy atom. The number of ether oxygens (including phenoxy) is 1. The summed E-state index contributed by atoms with van der Waals surface area (Å²) in [7, 11) is 0. The summed E-state index contributed by atoms with van der Waals surface area (Å²) in [6.07, 6.45) is 6.90. The molecule has 0 N–H and O–H groups in total. The first-order valence-electron chi connectivity index (χ1n) is 9.37. The average molecular weight is 344 g/mol. The summed E-state index contributed by atoms with van der Waals surface area (Å²) in [5.41, 5.74) is 1.83. The molecule has 0 radical (unpaired) electrons. The summed E-state index contributed by atoms with van der Waals surface area (Å²) in [4.78, 5) is 36.5. The number of carbonyl (C=O) groups excluding carboxylic acids is 3. The molecule has 1 atom stereocenters. The summed E-state index contributed by atoms with van der Waals surface area (Å²) >= 11 is 0. The molecule has 0 heterocycles. The Bertz CT molecular complexity index is 645. The molecule has 136 valence electrons. The lowest BCUT2D eigenvalue weighted by Gasteiger charge is -2.10. The number of fused-ring (bicyclic) bond motifs is 1. The van der Waals surface area contributed by atoms with Crippen molar-refractivity contribution in [1.29, 1.82) is 0 Å². The molecule has 1 aliphatic rings. The molecule has 1 aromatic carbocycles. The molecule has 0 aliphatic heterocycles. The molecule has 0 saturated heterocycles. The van der Waals surface area contributed by atoms with E-state index in [1.54, 1.807) is 26.0 Å². The van der Waals surface area contributed by atoms with Gasteiger partial charge in [0.15, 0.2) is 0 Å². The fraction of sp³-hybridized carbons (Fsp3) is 0.571. The summed E-state index contributed by atoms with van der Waals surface area (Å²) in [6.45, 7) is 5.56. The zero-order valence-corrected chi connectivity index (χ0v) is 15.5. The normalized spacial score (nSPS) is 16.4. The van der Waals surface area contributed by atoms with Gasteiger partial charge >= 0.3 is 5.97 Å². The standard InChI is InChI=1S/C21H28O4/c1-4-5-6-7-8-9-10-15-11-12-16-17(13-15)19(23)20(18(16)22)25-21(24)14(2)3/h11-14,20H,4-10H2,1-3H3. The van der Waals surface area contributed by atoms with Crippen molar-refractivity contribution in [3.05, 3.63) is 34.9 Å². The van der Waals surface area contributed by atoms with Gasteiger partial charge in [0.1, 0.15) is 0 Å². The molecule has 4 nitrogen and oxygen atoms in total. The second-order valence-corrected chi connectivity index (χ2v) is 7.10. The molecule has 0 spiro atoms. The fourth-order valence-corrected chi connectivity index (χ4v) is 3.04. The van der Waals surface area contributed by atoms with Gasteiger partial charge in [0, 0.05) is 11.1 Å². The van der Waals surface area contributed by atoms with Crippen LogP contribution in [0.4, 0.5) is 0 Å². The summed E-state index contributed by atoms with van der Waals surface area (Å²) < 4.78 is 5.12. The minimum atomic E-state index is -1.30. The largest absolute Gasteiger partial charge is 0.445 e. The number of carbonyl (C=O) groups is 3. The number of ketones is 2. The van der Waals surface area contributed by atoms with E-state index in [1.165, 1.54) is 32.1 Å². The van der Waals surface area contributed by atoms with Gasteiger partial charge in [-0.05, 0) is 24.5 Å². The van der Waals surface area contributed by atoms with Gasteiger partial charge in [-0.15, -0.1) is 0 Å². The third-order valence-corrected chi connectivity index (χ3v) is 4.62. The predicted octanol–water partition coefficient (Wildman–Crippen LogP) is 4.54.